The highest BCUT2D eigenvalue weighted by molar-refractivity contribution is 6.00. The zero-order valence-electron chi connectivity index (χ0n) is 17.9. The molecule has 0 aliphatic heterocycles. The highest BCUT2D eigenvalue weighted by Gasteiger charge is 2.26. The van der Waals surface area contributed by atoms with Crippen molar-refractivity contribution in [1.82, 2.24) is 20.0 Å². The van der Waals surface area contributed by atoms with Crippen molar-refractivity contribution in [2.24, 2.45) is 0 Å². The third kappa shape index (κ3) is 4.79. The van der Waals surface area contributed by atoms with Gasteiger partial charge in [-0.2, -0.15) is 15.3 Å². The van der Waals surface area contributed by atoms with Gasteiger partial charge in [-0.1, -0.05) is 30.3 Å². The zero-order valence-corrected chi connectivity index (χ0v) is 17.9. The van der Waals surface area contributed by atoms with E-state index in [1.165, 1.54) is 30.1 Å². The highest BCUT2D eigenvalue weighted by atomic mass is 19.1. The van der Waals surface area contributed by atoms with Crippen LogP contribution >= 0.6 is 0 Å². The van der Waals surface area contributed by atoms with Gasteiger partial charge in [0.05, 0.1) is 31.1 Å². The number of aliphatic hydroxyl groups is 1. The standard InChI is InChI=1S/C24H22FN5O3/c1-33-22(17-5-3-2-4-6-17)24(32)28-23-20(18-11-12-26-27-15-18)21(29-30(23)13-14-31)16-7-9-19(25)10-8-16/h2-12,15,22,31H,13-14H2,1H3,(H,28,32). The lowest BCUT2D eigenvalue weighted by Gasteiger charge is -2.17. The number of carbonyl (C=O) groups excluding carboxylic acids is 1. The van der Waals surface area contributed by atoms with E-state index in [0.29, 0.717) is 33.8 Å². The normalized spacial score (nSPS) is 11.8. The minimum Gasteiger partial charge on any atom is -0.394 e. The Bertz CT molecular complexity index is 1210. The summed E-state index contributed by atoms with van der Waals surface area (Å²) >= 11 is 0. The molecule has 2 aromatic heterocycles. The van der Waals surface area contributed by atoms with E-state index in [1.54, 1.807) is 36.5 Å². The molecule has 1 atom stereocenters. The molecule has 1 amide bonds. The third-order valence-corrected chi connectivity index (χ3v) is 5.07. The van der Waals surface area contributed by atoms with Gasteiger partial charge in [-0.15, -0.1) is 0 Å². The van der Waals surface area contributed by atoms with Gasteiger partial charge in [-0.3, -0.25) is 4.79 Å². The summed E-state index contributed by atoms with van der Waals surface area (Å²) in [6, 6.07) is 16.7. The van der Waals surface area contributed by atoms with Crippen molar-refractivity contribution in [2.45, 2.75) is 12.6 Å². The first-order valence-corrected chi connectivity index (χ1v) is 10.3. The number of nitrogens with one attached hydrogen (secondary N) is 1. The van der Waals surface area contributed by atoms with E-state index in [2.05, 4.69) is 20.6 Å². The third-order valence-electron chi connectivity index (χ3n) is 5.07. The van der Waals surface area contributed by atoms with Crippen LogP contribution in [0.25, 0.3) is 22.4 Å². The molecule has 2 N–H and O–H groups in total. The number of halogens is 1. The molecule has 1 unspecified atom stereocenters. The van der Waals surface area contributed by atoms with Crippen LogP contribution in [0.5, 0.6) is 0 Å². The Morgan fingerprint density at radius 1 is 1.09 bits per heavy atom. The minimum atomic E-state index is -0.860. The molecular weight excluding hydrogens is 425 g/mol. The number of carbonyl (C=O) groups is 1. The Balaban J connectivity index is 1.83. The first-order valence-electron chi connectivity index (χ1n) is 10.3. The second-order valence-electron chi connectivity index (χ2n) is 7.17. The van der Waals surface area contributed by atoms with Gasteiger partial charge in [-0.05, 0) is 35.9 Å². The predicted molar refractivity (Wildman–Crippen MR) is 121 cm³/mol. The fourth-order valence-corrected chi connectivity index (χ4v) is 3.57. The van der Waals surface area contributed by atoms with Crippen LogP contribution in [0.2, 0.25) is 0 Å². The Hall–Kier alpha value is -3.95. The molecule has 2 aromatic carbocycles. The molecule has 0 bridgehead atoms. The SMILES string of the molecule is COC(C(=O)Nc1c(-c2ccnnc2)c(-c2ccc(F)cc2)nn1CCO)c1ccccc1. The van der Waals surface area contributed by atoms with E-state index in [-0.39, 0.29) is 19.0 Å². The lowest BCUT2D eigenvalue weighted by atomic mass is 10.0. The topological polar surface area (TPSA) is 102 Å². The fourth-order valence-electron chi connectivity index (χ4n) is 3.57. The van der Waals surface area contributed by atoms with Gasteiger partial charge >= 0.3 is 0 Å². The van der Waals surface area contributed by atoms with Gasteiger partial charge in [0, 0.05) is 18.2 Å². The quantitative estimate of drug-likeness (QED) is 0.429. The van der Waals surface area contributed by atoms with Crippen LogP contribution in [-0.4, -0.2) is 44.7 Å². The monoisotopic (exact) mass is 447 g/mol. The summed E-state index contributed by atoms with van der Waals surface area (Å²) in [5.41, 5.74) is 3.05. The molecule has 168 valence electrons. The van der Waals surface area contributed by atoms with Crippen LogP contribution < -0.4 is 5.32 Å². The Morgan fingerprint density at radius 2 is 1.85 bits per heavy atom. The van der Waals surface area contributed by atoms with E-state index in [9.17, 15) is 14.3 Å². The van der Waals surface area contributed by atoms with Crippen molar-refractivity contribution in [3.63, 3.8) is 0 Å². The first-order chi connectivity index (χ1) is 16.1. The Kier molecular flexibility index (Phi) is 6.82. The van der Waals surface area contributed by atoms with Gasteiger partial charge in [0.15, 0.2) is 6.10 Å². The summed E-state index contributed by atoms with van der Waals surface area (Å²) in [6.45, 7) is -0.0703. The number of hydrogen-bond acceptors (Lipinski definition) is 6. The summed E-state index contributed by atoms with van der Waals surface area (Å²) in [7, 11) is 1.46. The van der Waals surface area contributed by atoms with Crippen molar-refractivity contribution in [1.29, 1.82) is 0 Å². The number of rotatable bonds is 8. The molecule has 0 saturated heterocycles. The smallest absolute Gasteiger partial charge is 0.259 e. The molecule has 33 heavy (non-hydrogen) atoms. The van der Waals surface area contributed by atoms with E-state index < -0.39 is 12.0 Å². The number of aromatic nitrogens is 4. The summed E-state index contributed by atoms with van der Waals surface area (Å²) in [5, 5.41) is 24.9. The van der Waals surface area contributed by atoms with Crippen LogP contribution in [0, 0.1) is 5.82 Å². The summed E-state index contributed by atoms with van der Waals surface area (Å²) < 4.78 is 20.5. The van der Waals surface area contributed by atoms with Gasteiger partial charge in [-0.25, -0.2) is 9.07 Å². The van der Waals surface area contributed by atoms with Crippen molar-refractivity contribution in [3.8, 4) is 22.4 Å². The summed E-state index contributed by atoms with van der Waals surface area (Å²) in [6.07, 6.45) is 2.22. The fraction of sp³-hybridized carbons (Fsp3) is 0.167. The molecule has 0 aliphatic carbocycles. The minimum absolute atomic E-state index is 0.130. The Morgan fingerprint density at radius 3 is 2.48 bits per heavy atom. The van der Waals surface area contributed by atoms with Gasteiger partial charge < -0.3 is 15.2 Å². The van der Waals surface area contributed by atoms with Crippen molar-refractivity contribution >= 4 is 11.7 Å². The molecule has 0 aliphatic rings. The number of anilines is 1. The second-order valence-corrected chi connectivity index (χ2v) is 7.17. The molecule has 0 saturated carbocycles. The first kappa shape index (κ1) is 22.3. The maximum absolute atomic E-state index is 13.5. The maximum Gasteiger partial charge on any atom is 0.259 e. The number of hydrogen-bond donors (Lipinski definition) is 2. The molecule has 4 aromatic rings. The number of benzene rings is 2. The molecule has 4 rings (SSSR count). The zero-order chi connectivity index (χ0) is 23.2. The number of aliphatic hydroxyl groups excluding tert-OH is 1. The highest BCUT2D eigenvalue weighted by Crippen LogP contribution is 2.38. The lowest BCUT2D eigenvalue weighted by Crippen LogP contribution is -2.24. The number of amides is 1. The maximum atomic E-state index is 13.5. The molecule has 2 heterocycles. The molecular formula is C24H22FN5O3. The molecule has 9 heteroatoms. The molecule has 0 radical (unpaired) electrons. The van der Waals surface area contributed by atoms with Crippen LogP contribution in [0.15, 0.2) is 73.1 Å². The average molecular weight is 447 g/mol. The van der Waals surface area contributed by atoms with Crippen LogP contribution in [0.4, 0.5) is 10.2 Å². The summed E-state index contributed by atoms with van der Waals surface area (Å²) in [4.78, 5) is 13.3. The van der Waals surface area contributed by atoms with E-state index in [0.717, 1.165) is 0 Å². The van der Waals surface area contributed by atoms with Crippen molar-refractivity contribution in [2.75, 3.05) is 19.0 Å². The molecule has 0 fully saturated rings. The second kappa shape index (κ2) is 10.1. The number of nitrogens with zero attached hydrogens (tertiary/aromatic N) is 4. The van der Waals surface area contributed by atoms with E-state index in [1.807, 2.05) is 18.2 Å². The van der Waals surface area contributed by atoms with Crippen LogP contribution in [-0.2, 0) is 16.1 Å². The lowest BCUT2D eigenvalue weighted by molar-refractivity contribution is -0.126. The van der Waals surface area contributed by atoms with Crippen LogP contribution in [0.1, 0.15) is 11.7 Å². The van der Waals surface area contributed by atoms with Crippen LogP contribution in [0.3, 0.4) is 0 Å². The molecule has 0 spiro atoms. The van der Waals surface area contributed by atoms with Gasteiger partial charge in [0.25, 0.3) is 5.91 Å². The number of ether oxygens (including phenoxy) is 1. The average Bonchev–Trinajstić information content (AvgIpc) is 3.19. The number of methoxy groups -OCH3 is 1. The van der Waals surface area contributed by atoms with E-state index >= 15 is 0 Å². The van der Waals surface area contributed by atoms with Gasteiger partial charge in [0.1, 0.15) is 17.3 Å². The molecule has 8 nitrogen and oxygen atoms in total. The van der Waals surface area contributed by atoms with E-state index in [4.69, 9.17) is 4.74 Å². The van der Waals surface area contributed by atoms with Crippen molar-refractivity contribution in [3.05, 3.63) is 84.4 Å². The largest absolute Gasteiger partial charge is 0.394 e. The Labute approximate surface area is 189 Å². The predicted octanol–water partition coefficient (Wildman–Crippen LogP) is 3.46. The van der Waals surface area contributed by atoms with Crippen molar-refractivity contribution < 1.29 is 19.0 Å². The van der Waals surface area contributed by atoms with Gasteiger partial charge in [0.2, 0.25) is 0 Å². The summed E-state index contributed by atoms with van der Waals surface area (Å²) in [5.74, 6) is -0.420.